The van der Waals surface area contributed by atoms with Crippen LogP contribution in [-0.4, -0.2) is 40.2 Å². The van der Waals surface area contributed by atoms with Crippen molar-refractivity contribution in [2.45, 2.75) is 57.9 Å². The van der Waals surface area contributed by atoms with Crippen molar-refractivity contribution >= 4 is 0 Å². The molecule has 5 nitrogen and oxygen atoms in total. The van der Waals surface area contributed by atoms with Gasteiger partial charge >= 0.3 is 0 Å². The minimum absolute atomic E-state index is 0.227. The highest BCUT2D eigenvalue weighted by Gasteiger charge is 2.42. The average Bonchev–Trinajstić information content (AvgIpc) is 3.09. The van der Waals surface area contributed by atoms with Crippen molar-refractivity contribution in [3.8, 4) is 0 Å². The van der Waals surface area contributed by atoms with Gasteiger partial charge in [0.25, 0.3) is 0 Å². The van der Waals surface area contributed by atoms with Gasteiger partial charge in [-0.2, -0.15) is 0 Å². The number of imidazole rings is 1. The molecule has 1 aliphatic rings. The largest absolute Gasteiger partial charge is 0.362 e. The zero-order chi connectivity index (χ0) is 17.9. The quantitative estimate of drug-likeness (QED) is 0.756. The van der Waals surface area contributed by atoms with E-state index in [0.717, 1.165) is 39.0 Å². The molecule has 25 heavy (non-hydrogen) atoms. The standard InChI is InChI=1S/C20H31N4O/c1-5-23-11-6-7-18(15-23)20(8-12-22(4)13-9-20)25-19(2,3)16-24-14-10-21-17-24/h6-7,10-11,14-15,17H,5,8-9,12-13,16H2,1-4H3/q+1. The van der Waals surface area contributed by atoms with Crippen molar-refractivity contribution in [1.82, 2.24) is 14.5 Å². The zero-order valence-corrected chi connectivity index (χ0v) is 16.0. The molecule has 1 aliphatic heterocycles. The minimum atomic E-state index is -0.274. The van der Waals surface area contributed by atoms with Crippen molar-refractivity contribution in [1.29, 1.82) is 0 Å². The van der Waals surface area contributed by atoms with Crippen molar-refractivity contribution < 1.29 is 9.30 Å². The number of piperidine rings is 1. The SMILES string of the molecule is CC[n+]1cccc(C2(OC(C)(C)Cn3ccnc3)CCN(C)CC2)c1. The molecule has 0 N–H and O–H groups in total. The Morgan fingerprint density at radius 3 is 2.72 bits per heavy atom. The molecule has 0 bridgehead atoms. The van der Waals surface area contributed by atoms with Crippen molar-refractivity contribution in [3.63, 3.8) is 0 Å². The maximum atomic E-state index is 6.89. The summed E-state index contributed by atoms with van der Waals surface area (Å²) >= 11 is 0. The molecule has 0 aliphatic carbocycles. The second kappa shape index (κ2) is 7.26. The maximum Gasteiger partial charge on any atom is 0.174 e. The normalized spacial score (nSPS) is 18.4. The molecule has 0 atom stereocenters. The third-order valence-electron chi connectivity index (χ3n) is 5.14. The van der Waals surface area contributed by atoms with Crippen LogP contribution in [0.3, 0.4) is 0 Å². The summed E-state index contributed by atoms with van der Waals surface area (Å²) in [5.41, 5.74) is 0.793. The van der Waals surface area contributed by atoms with Crippen LogP contribution in [0.2, 0.25) is 0 Å². The lowest BCUT2D eigenvalue weighted by Gasteiger charge is -2.45. The van der Waals surface area contributed by atoms with Gasteiger partial charge in [0.05, 0.1) is 18.5 Å². The highest BCUT2D eigenvalue weighted by atomic mass is 16.5. The van der Waals surface area contributed by atoms with Crippen molar-refractivity contribution in [3.05, 3.63) is 48.8 Å². The highest BCUT2D eigenvalue weighted by molar-refractivity contribution is 5.18. The zero-order valence-electron chi connectivity index (χ0n) is 16.0. The first kappa shape index (κ1) is 18.1. The summed E-state index contributed by atoms with van der Waals surface area (Å²) < 4.78 is 11.2. The fourth-order valence-corrected chi connectivity index (χ4v) is 3.80. The molecule has 0 amide bonds. The Kier molecular flexibility index (Phi) is 5.25. The first-order chi connectivity index (χ1) is 11.9. The number of nitrogens with zero attached hydrogens (tertiary/aromatic N) is 4. The first-order valence-corrected chi connectivity index (χ1v) is 9.26. The van der Waals surface area contributed by atoms with E-state index in [4.69, 9.17) is 4.74 Å². The molecule has 0 spiro atoms. The molecule has 0 radical (unpaired) electrons. The van der Waals surface area contributed by atoms with Crippen LogP contribution in [0, 0.1) is 0 Å². The Hall–Kier alpha value is -1.72. The van der Waals surface area contributed by atoms with Gasteiger partial charge in [-0.05, 0) is 46.7 Å². The number of likely N-dealkylation sites (tertiary alicyclic amines) is 1. The lowest BCUT2D eigenvalue weighted by Crippen LogP contribution is -2.49. The fourth-order valence-electron chi connectivity index (χ4n) is 3.80. The maximum absolute atomic E-state index is 6.89. The molecule has 0 saturated carbocycles. The number of aromatic nitrogens is 3. The van der Waals surface area contributed by atoms with Gasteiger partial charge in [-0.15, -0.1) is 0 Å². The van der Waals surface area contributed by atoms with Gasteiger partial charge in [0.1, 0.15) is 12.1 Å². The smallest absolute Gasteiger partial charge is 0.174 e. The third kappa shape index (κ3) is 4.28. The predicted octanol–water partition coefficient (Wildman–Crippen LogP) is 2.61. The van der Waals surface area contributed by atoms with Crippen LogP contribution < -0.4 is 4.57 Å². The van der Waals surface area contributed by atoms with Gasteiger partial charge in [0.2, 0.25) is 0 Å². The highest BCUT2D eigenvalue weighted by Crippen LogP contribution is 2.39. The Morgan fingerprint density at radius 2 is 2.08 bits per heavy atom. The van der Waals surface area contributed by atoms with E-state index in [2.05, 4.69) is 71.4 Å². The summed E-state index contributed by atoms with van der Waals surface area (Å²) in [6.45, 7) is 10.4. The molecule has 2 aromatic heterocycles. The van der Waals surface area contributed by atoms with Gasteiger partial charge in [0, 0.05) is 37.1 Å². The average molecular weight is 343 g/mol. The number of ether oxygens (including phenoxy) is 1. The topological polar surface area (TPSA) is 34.2 Å². The molecule has 0 unspecified atom stereocenters. The van der Waals surface area contributed by atoms with Crippen molar-refractivity contribution in [2.24, 2.45) is 0 Å². The van der Waals surface area contributed by atoms with Crippen LogP contribution in [0.4, 0.5) is 0 Å². The molecule has 1 fully saturated rings. The van der Waals surface area contributed by atoms with Crippen LogP contribution in [0.15, 0.2) is 43.2 Å². The second-order valence-corrected chi connectivity index (χ2v) is 7.82. The summed E-state index contributed by atoms with van der Waals surface area (Å²) in [5.74, 6) is 0. The first-order valence-electron chi connectivity index (χ1n) is 9.26. The van der Waals surface area contributed by atoms with Crippen LogP contribution >= 0.6 is 0 Å². The van der Waals surface area contributed by atoms with Gasteiger partial charge in [-0.1, -0.05) is 0 Å². The lowest BCUT2D eigenvalue weighted by atomic mass is 9.84. The van der Waals surface area contributed by atoms with Gasteiger partial charge in [-0.25, -0.2) is 9.55 Å². The minimum Gasteiger partial charge on any atom is -0.362 e. The summed E-state index contributed by atoms with van der Waals surface area (Å²) in [6.07, 6.45) is 12.1. The van der Waals surface area contributed by atoms with E-state index in [1.807, 2.05) is 18.7 Å². The van der Waals surface area contributed by atoms with Crippen LogP contribution in [-0.2, 0) is 23.4 Å². The second-order valence-electron chi connectivity index (χ2n) is 7.82. The van der Waals surface area contributed by atoms with Crippen molar-refractivity contribution in [2.75, 3.05) is 20.1 Å². The Labute approximate surface area is 151 Å². The van der Waals surface area contributed by atoms with Gasteiger partial charge < -0.3 is 14.2 Å². The van der Waals surface area contributed by atoms with E-state index in [9.17, 15) is 0 Å². The molecule has 0 aromatic carbocycles. The molecular weight excluding hydrogens is 312 g/mol. The molecule has 5 heteroatoms. The molecule has 3 heterocycles. The van der Waals surface area contributed by atoms with Gasteiger partial charge in [-0.3, -0.25) is 0 Å². The molecular formula is C20H31N4O+. The van der Waals surface area contributed by atoms with E-state index in [1.165, 1.54) is 5.56 Å². The van der Waals surface area contributed by atoms with Crippen LogP contribution in [0.5, 0.6) is 0 Å². The van der Waals surface area contributed by atoms with E-state index in [-0.39, 0.29) is 11.2 Å². The van der Waals surface area contributed by atoms with E-state index < -0.39 is 0 Å². The summed E-state index contributed by atoms with van der Waals surface area (Å²) in [4.78, 5) is 6.55. The molecule has 136 valence electrons. The number of hydrogen-bond donors (Lipinski definition) is 0. The summed E-state index contributed by atoms with van der Waals surface area (Å²) in [6, 6.07) is 4.37. The number of pyridine rings is 1. The van der Waals surface area contributed by atoms with E-state index in [1.54, 1.807) is 0 Å². The van der Waals surface area contributed by atoms with Gasteiger partial charge in [0.15, 0.2) is 12.4 Å². The van der Waals surface area contributed by atoms with Crippen LogP contribution in [0.25, 0.3) is 0 Å². The monoisotopic (exact) mass is 343 g/mol. The molecule has 2 aromatic rings. The number of hydrogen-bond acceptors (Lipinski definition) is 3. The summed E-state index contributed by atoms with van der Waals surface area (Å²) in [5, 5.41) is 0. The molecule has 3 rings (SSSR count). The van der Waals surface area contributed by atoms with E-state index in [0.29, 0.717) is 0 Å². The Morgan fingerprint density at radius 1 is 1.32 bits per heavy atom. The Bertz CT molecular complexity index is 673. The lowest BCUT2D eigenvalue weighted by molar-refractivity contribution is -0.694. The fraction of sp³-hybridized carbons (Fsp3) is 0.600. The summed E-state index contributed by atoms with van der Waals surface area (Å²) in [7, 11) is 2.19. The van der Waals surface area contributed by atoms with Crippen LogP contribution in [0.1, 0.15) is 39.2 Å². The third-order valence-corrected chi connectivity index (χ3v) is 5.14. The Balaban J connectivity index is 1.88. The number of aryl methyl sites for hydroxylation is 1. The molecule has 1 saturated heterocycles. The number of rotatable bonds is 6. The predicted molar refractivity (Wildman–Crippen MR) is 98.1 cm³/mol. The van der Waals surface area contributed by atoms with E-state index >= 15 is 0 Å².